The minimum absolute atomic E-state index is 0.213. The Labute approximate surface area is 168 Å². The molecule has 10 heteroatoms. The van der Waals surface area contributed by atoms with Crippen LogP contribution in [0.3, 0.4) is 0 Å². The van der Waals surface area contributed by atoms with Crippen LogP contribution in [0.4, 0.5) is 18.9 Å². The molecule has 3 rings (SSSR count). The summed E-state index contributed by atoms with van der Waals surface area (Å²) in [5.41, 5.74) is 0.982. The molecular weight excluding hydrogens is 403 g/mol. The minimum Gasteiger partial charge on any atom is -0.344 e. The molecule has 2 aromatic carbocycles. The van der Waals surface area contributed by atoms with Crippen LogP contribution in [-0.2, 0) is 16.1 Å². The van der Waals surface area contributed by atoms with Crippen LogP contribution in [0.1, 0.15) is 33.2 Å². The van der Waals surface area contributed by atoms with Crippen molar-refractivity contribution in [3.8, 4) is 0 Å². The van der Waals surface area contributed by atoms with Gasteiger partial charge in [0.2, 0.25) is 5.91 Å². The van der Waals surface area contributed by atoms with E-state index in [4.69, 9.17) is 0 Å². The quantitative estimate of drug-likeness (QED) is 0.728. The molecule has 30 heavy (non-hydrogen) atoms. The number of carbonyl (C=O) groups excluding carboxylic acids is 4. The first-order valence-electron chi connectivity index (χ1n) is 8.81. The summed E-state index contributed by atoms with van der Waals surface area (Å²) >= 11 is 0. The lowest BCUT2D eigenvalue weighted by Crippen LogP contribution is -2.45. The van der Waals surface area contributed by atoms with E-state index in [1.165, 1.54) is 43.3 Å². The molecule has 0 aliphatic carbocycles. The number of nitrogens with one attached hydrogen (secondary N) is 2. The fourth-order valence-electron chi connectivity index (χ4n) is 2.97. The lowest BCUT2D eigenvalue weighted by molar-refractivity contribution is -0.173. The second kappa shape index (κ2) is 7.97. The van der Waals surface area contributed by atoms with E-state index in [1.807, 2.05) is 0 Å². The van der Waals surface area contributed by atoms with Gasteiger partial charge in [-0.25, -0.2) is 0 Å². The molecule has 0 fully saturated rings. The fraction of sp³-hybridized carbons (Fsp3) is 0.200. The number of benzene rings is 2. The lowest BCUT2D eigenvalue weighted by Gasteiger charge is -2.21. The SMILES string of the molecule is CC(C(=O)Nc1cccc(CNC(=O)C(F)(F)F)c1)N1C(=O)c2ccccc2C1=O. The topological polar surface area (TPSA) is 95.6 Å². The van der Waals surface area contributed by atoms with Gasteiger partial charge in [-0.2, -0.15) is 13.2 Å². The summed E-state index contributed by atoms with van der Waals surface area (Å²) < 4.78 is 36.8. The molecule has 4 amide bonds. The van der Waals surface area contributed by atoms with Crippen molar-refractivity contribution in [2.24, 2.45) is 0 Å². The molecule has 1 heterocycles. The summed E-state index contributed by atoms with van der Waals surface area (Å²) in [5.74, 6) is -3.89. The monoisotopic (exact) mass is 419 g/mol. The Morgan fingerprint density at radius 2 is 1.60 bits per heavy atom. The second-order valence-electron chi connectivity index (χ2n) is 6.57. The van der Waals surface area contributed by atoms with Crippen LogP contribution in [0.15, 0.2) is 48.5 Å². The molecule has 1 aliphatic rings. The zero-order valence-corrected chi connectivity index (χ0v) is 15.6. The predicted molar refractivity (Wildman–Crippen MR) is 99.4 cm³/mol. The highest BCUT2D eigenvalue weighted by atomic mass is 19.4. The standard InChI is InChI=1S/C20H16F3N3O4/c1-11(26-17(28)14-7-2-3-8-15(14)18(26)29)16(27)25-13-6-4-5-12(9-13)10-24-19(30)20(21,22)23/h2-9,11H,10H2,1H3,(H,24,30)(H,25,27). The van der Waals surface area contributed by atoms with Crippen LogP contribution in [0, 0.1) is 0 Å². The van der Waals surface area contributed by atoms with E-state index in [0.717, 1.165) is 4.90 Å². The first-order chi connectivity index (χ1) is 14.1. The molecule has 1 aliphatic heterocycles. The first-order valence-corrected chi connectivity index (χ1v) is 8.81. The number of hydrogen-bond donors (Lipinski definition) is 2. The van der Waals surface area contributed by atoms with Gasteiger partial charge in [-0.15, -0.1) is 0 Å². The van der Waals surface area contributed by atoms with Gasteiger partial charge in [-0.3, -0.25) is 24.1 Å². The number of amides is 4. The Balaban J connectivity index is 1.67. The van der Waals surface area contributed by atoms with Gasteiger partial charge < -0.3 is 10.6 Å². The predicted octanol–water partition coefficient (Wildman–Crippen LogP) is 2.49. The highest BCUT2D eigenvalue weighted by Gasteiger charge is 2.40. The molecule has 0 spiro atoms. The lowest BCUT2D eigenvalue weighted by atomic mass is 10.1. The Morgan fingerprint density at radius 1 is 1.00 bits per heavy atom. The summed E-state index contributed by atoms with van der Waals surface area (Å²) in [6.45, 7) is 1.00. The van der Waals surface area contributed by atoms with Crippen molar-refractivity contribution in [2.45, 2.75) is 25.7 Å². The molecule has 2 N–H and O–H groups in total. The highest BCUT2D eigenvalue weighted by Crippen LogP contribution is 2.25. The van der Waals surface area contributed by atoms with Gasteiger partial charge in [0.15, 0.2) is 0 Å². The van der Waals surface area contributed by atoms with Gasteiger partial charge in [0, 0.05) is 12.2 Å². The van der Waals surface area contributed by atoms with Crippen LogP contribution in [0.5, 0.6) is 0 Å². The average Bonchev–Trinajstić information content (AvgIpc) is 2.96. The fourth-order valence-corrected chi connectivity index (χ4v) is 2.97. The number of nitrogens with zero attached hydrogens (tertiary/aromatic N) is 1. The molecular formula is C20H16F3N3O4. The van der Waals surface area contributed by atoms with Gasteiger partial charge in [-0.05, 0) is 36.8 Å². The normalized spacial score (nSPS) is 14.3. The third-order valence-corrected chi connectivity index (χ3v) is 4.50. The molecule has 156 valence electrons. The summed E-state index contributed by atoms with van der Waals surface area (Å²) in [4.78, 5) is 49.3. The number of carbonyl (C=O) groups is 4. The summed E-state index contributed by atoms with van der Waals surface area (Å²) in [5, 5.41) is 4.26. The maximum atomic E-state index is 12.6. The Kier molecular flexibility index (Phi) is 5.59. The molecule has 0 radical (unpaired) electrons. The summed E-state index contributed by atoms with van der Waals surface area (Å²) in [6, 6.07) is 10.9. The van der Waals surface area contributed by atoms with Gasteiger partial charge >= 0.3 is 12.1 Å². The molecule has 0 saturated carbocycles. The average molecular weight is 419 g/mol. The van der Waals surface area contributed by atoms with Crippen molar-refractivity contribution >= 4 is 29.3 Å². The number of halogens is 3. The van der Waals surface area contributed by atoms with E-state index in [-0.39, 0.29) is 16.8 Å². The van der Waals surface area contributed by atoms with Gasteiger partial charge in [0.25, 0.3) is 11.8 Å². The number of anilines is 1. The minimum atomic E-state index is -4.99. The molecule has 1 unspecified atom stereocenters. The van der Waals surface area contributed by atoms with Crippen molar-refractivity contribution in [1.29, 1.82) is 0 Å². The highest BCUT2D eigenvalue weighted by molar-refractivity contribution is 6.23. The zero-order chi connectivity index (χ0) is 22.1. The summed E-state index contributed by atoms with van der Waals surface area (Å²) in [7, 11) is 0. The maximum Gasteiger partial charge on any atom is 0.471 e. The van der Waals surface area contributed by atoms with Crippen molar-refractivity contribution in [3.63, 3.8) is 0 Å². The van der Waals surface area contributed by atoms with Gasteiger partial charge in [0.05, 0.1) is 11.1 Å². The number of fused-ring (bicyclic) bond motifs is 1. The van der Waals surface area contributed by atoms with Crippen molar-refractivity contribution in [3.05, 3.63) is 65.2 Å². The van der Waals surface area contributed by atoms with E-state index in [2.05, 4.69) is 5.32 Å². The number of alkyl halides is 3. The van der Waals surface area contributed by atoms with Gasteiger partial charge in [0.1, 0.15) is 6.04 Å². The zero-order valence-electron chi connectivity index (χ0n) is 15.6. The largest absolute Gasteiger partial charge is 0.471 e. The van der Waals surface area contributed by atoms with E-state index in [9.17, 15) is 32.3 Å². The number of imide groups is 1. The summed E-state index contributed by atoms with van der Waals surface area (Å²) in [6.07, 6.45) is -4.99. The first kappa shape index (κ1) is 21.0. The molecule has 0 bridgehead atoms. The van der Waals surface area contributed by atoms with E-state index < -0.39 is 42.4 Å². The van der Waals surface area contributed by atoms with Crippen LogP contribution >= 0.6 is 0 Å². The van der Waals surface area contributed by atoms with E-state index >= 15 is 0 Å². The van der Waals surface area contributed by atoms with Crippen LogP contribution in [-0.4, -0.2) is 40.7 Å². The molecule has 7 nitrogen and oxygen atoms in total. The van der Waals surface area contributed by atoms with Gasteiger partial charge in [-0.1, -0.05) is 24.3 Å². The third-order valence-electron chi connectivity index (χ3n) is 4.50. The molecule has 2 aromatic rings. The molecule has 0 aromatic heterocycles. The molecule has 0 saturated heterocycles. The second-order valence-corrected chi connectivity index (χ2v) is 6.57. The van der Waals surface area contributed by atoms with Crippen LogP contribution in [0.2, 0.25) is 0 Å². The number of rotatable bonds is 5. The Morgan fingerprint density at radius 3 is 2.17 bits per heavy atom. The molecule has 1 atom stereocenters. The third kappa shape index (κ3) is 4.17. The van der Waals surface area contributed by atoms with Crippen LogP contribution < -0.4 is 10.6 Å². The Bertz CT molecular complexity index is 1000. The van der Waals surface area contributed by atoms with Crippen molar-refractivity contribution in [1.82, 2.24) is 10.2 Å². The van der Waals surface area contributed by atoms with Crippen molar-refractivity contribution in [2.75, 3.05) is 5.32 Å². The van der Waals surface area contributed by atoms with E-state index in [0.29, 0.717) is 5.56 Å². The maximum absolute atomic E-state index is 12.6. The van der Waals surface area contributed by atoms with Crippen molar-refractivity contribution < 1.29 is 32.3 Å². The number of hydrogen-bond acceptors (Lipinski definition) is 4. The van der Waals surface area contributed by atoms with Crippen LogP contribution in [0.25, 0.3) is 0 Å². The smallest absolute Gasteiger partial charge is 0.344 e. The van der Waals surface area contributed by atoms with E-state index in [1.54, 1.807) is 17.4 Å². The Hall–Kier alpha value is -3.69.